The molecule has 33 heavy (non-hydrogen) atoms. The van der Waals surface area contributed by atoms with Gasteiger partial charge in [0.05, 0.1) is 5.75 Å². The molecule has 0 aliphatic carbocycles. The van der Waals surface area contributed by atoms with Crippen molar-refractivity contribution in [2.45, 2.75) is 18.1 Å². The number of thiazole rings is 1. The molecule has 0 atom stereocenters. The monoisotopic (exact) mass is 559 g/mol. The largest absolute Gasteiger partial charge is 0.301 e. The van der Waals surface area contributed by atoms with Crippen molar-refractivity contribution in [2.75, 3.05) is 11.1 Å². The highest BCUT2D eigenvalue weighted by molar-refractivity contribution is 9.10. The number of benzene rings is 2. The van der Waals surface area contributed by atoms with E-state index in [2.05, 4.69) is 43.0 Å². The second-order valence-electron chi connectivity index (χ2n) is 6.98. The van der Waals surface area contributed by atoms with Crippen molar-refractivity contribution in [3.63, 3.8) is 0 Å². The number of hydrogen-bond donors (Lipinski definition) is 1. The molecule has 0 bridgehead atoms. The molecule has 10 heteroatoms. The van der Waals surface area contributed by atoms with Crippen molar-refractivity contribution in [3.05, 3.63) is 87.3 Å². The molecule has 0 aliphatic rings. The summed E-state index contributed by atoms with van der Waals surface area (Å²) in [5, 5.41) is 13.4. The zero-order valence-corrected chi connectivity index (χ0v) is 21.3. The molecule has 0 radical (unpaired) electrons. The number of amides is 1. The minimum absolute atomic E-state index is 0.147. The smallest absolute Gasteiger partial charge is 0.236 e. The third kappa shape index (κ3) is 6.32. The van der Waals surface area contributed by atoms with E-state index in [-0.39, 0.29) is 11.7 Å². The molecule has 0 saturated heterocycles. The van der Waals surface area contributed by atoms with E-state index in [0.29, 0.717) is 21.9 Å². The van der Waals surface area contributed by atoms with E-state index in [0.717, 1.165) is 32.7 Å². The maximum absolute atomic E-state index is 12.5. The van der Waals surface area contributed by atoms with Gasteiger partial charge in [0.25, 0.3) is 0 Å². The van der Waals surface area contributed by atoms with Crippen LogP contribution < -0.4 is 5.32 Å². The van der Waals surface area contributed by atoms with Crippen LogP contribution >= 0.6 is 50.6 Å². The van der Waals surface area contributed by atoms with E-state index >= 15 is 0 Å². The highest BCUT2D eigenvalue weighted by Gasteiger charge is 2.16. The van der Waals surface area contributed by atoms with E-state index in [1.54, 1.807) is 12.3 Å². The van der Waals surface area contributed by atoms with Crippen LogP contribution in [-0.2, 0) is 17.8 Å². The van der Waals surface area contributed by atoms with Crippen LogP contribution in [-0.4, -0.2) is 31.4 Å². The molecule has 4 rings (SSSR count). The van der Waals surface area contributed by atoms with Gasteiger partial charge in [-0.1, -0.05) is 69.6 Å². The number of allylic oxidation sites excluding steroid dienone is 1. The first-order valence-corrected chi connectivity index (χ1v) is 12.9. The Hall–Kier alpha value is -2.46. The Morgan fingerprint density at radius 3 is 2.67 bits per heavy atom. The van der Waals surface area contributed by atoms with Crippen LogP contribution in [0.25, 0.3) is 11.4 Å². The van der Waals surface area contributed by atoms with Gasteiger partial charge in [-0.05, 0) is 29.8 Å². The molecule has 0 spiro atoms. The summed E-state index contributed by atoms with van der Waals surface area (Å²) < 4.78 is 2.94. The van der Waals surface area contributed by atoms with Gasteiger partial charge < -0.3 is 5.32 Å². The fourth-order valence-corrected chi connectivity index (χ4v) is 5.04. The van der Waals surface area contributed by atoms with Crippen molar-refractivity contribution in [1.82, 2.24) is 19.7 Å². The Morgan fingerprint density at radius 1 is 1.18 bits per heavy atom. The molecule has 2 heterocycles. The fourth-order valence-electron chi connectivity index (χ4n) is 3.04. The second kappa shape index (κ2) is 11.1. The molecular weight excluding hydrogens is 542 g/mol. The van der Waals surface area contributed by atoms with Crippen LogP contribution in [0.5, 0.6) is 0 Å². The topological polar surface area (TPSA) is 72.7 Å². The summed E-state index contributed by atoms with van der Waals surface area (Å²) in [6, 6.07) is 15.6. The van der Waals surface area contributed by atoms with Crippen LogP contribution in [0.3, 0.4) is 0 Å². The SMILES string of the molecule is C=CCn1c(SCC(=O)Nc2ncc(Cc3ccc(Cl)cc3)s2)nnc1-c1ccc(Br)cc1. The van der Waals surface area contributed by atoms with E-state index in [1.807, 2.05) is 53.1 Å². The van der Waals surface area contributed by atoms with E-state index in [9.17, 15) is 4.79 Å². The summed E-state index contributed by atoms with van der Waals surface area (Å²) in [4.78, 5) is 17.9. The quantitative estimate of drug-likeness (QED) is 0.191. The van der Waals surface area contributed by atoms with Crippen LogP contribution in [0.4, 0.5) is 5.13 Å². The van der Waals surface area contributed by atoms with Crippen molar-refractivity contribution in [1.29, 1.82) is 0 Å². The molecule has 1 N–H and O–H groups in total. The minimum atomic E-state index is -0.147. The summed E-state index contributed by atoms with van der Waals surface area (Å²) in [6.45, 7) is 4.37. The molecule has 4 aromatic rings. The standard InChI is InChI=1S/C23H19BrClN5OS2/c1-2-11-30-21(16-5-7-17(24)8-6-16)28-29-23(30)32-14-20(31)27-22-26-13-19(33-22)12-15-3-9-18(25)10-4-15/h2-10,13H,1,11-12,14H2,(H,26,27,31). The third-order valence-corrected chi connectivity index (χ3v) is 7.21. The number of halogens is 2. The maximum Gasteiger partial charge on any atom is 0.236 e. The highest BCUT2D eigenvalue weighted by atomic mass is 79.9. The van der Waals surface area contributed by atoms with Crippen molar-refractivity contribution in [3.8, 4) is 11.4 Å². The van der Waals surface area contributed by atoms with Crippen molar-refractivity contribution < 1.29 is 4.79 Å². The van der Waals surface area contributed by atoms with Crippen LogP contribution in [0.15, 0.2) is 77.0 Å². The van der Waals surface area contributed by atoms with Crippen LogP contribution in [0, 0.1) is 0 Å². The van der Waals surface area contributed by atoms with E-state index in [4.69, 9.17) is 11.6 Å². The van der Waals surface area contributed by atoms with Gasteiger partial charge in [-0.25, -0.2) is 4.98 Å². The van der Waals surface area contributed by atoms with Crippen molar-refractivity contribution >= 4 is 61.7 Å². The van der Waals surface area contributed by atoms with Gasteiger partial charge in [-0.15, -0.1) is 28.1 Å². The molecule has 0 saturated carbocycles. The molecule has 1 amide bonds. The number of anilines is 1. The zero-order valence-electron chi connectivity index (χ0n) is 17.4. The van der Waals surface area contributed by atoms with Crippen molar-refractivity contribution in [2.24, 2.45) is 0 Å². The lowest BCUT2D eigenvalue weighted by atomic mass is 10.1. The third-order valence-electron chi connectivity index (χ3n) is 4.55. The molecule has 2 aromatic carbocycles. The molecule has 168 valence electrons. The molecular formula is C23H19BrClN5OS2. The van der Waals surface area contributed by atoms with E-state index < -0.39 is 0 Å². The number of hydrogen-bond acceptors (Lipinski definition) is 6. The van der Waals surface area contributed by atoms with Gasteiger partial charge in [-0.2, -0.15) is 0 Å². The molecule has 6 nitrogen and oxygen atoms in total. The Balaban J connectivity index is 1.37. The first-order valence-electron chi connectivity index (χ1n) is 9.93. The normalized spacial score (nSPS) is 10.8. The summed E-state index contributed by atoms with van der Waals surface area (Å²) in [7, 11) is 0. The first kappa shape index (κ1) is 23.7. The van der Waals surface area contributed by atoms with Gasteiger partial charge in [0.15, 0.2) is 16.1 Å². The summed E-state index contributed by atoms with van der Waals surface area (Å²) in [5.74, 6) is 0.782. The number of carbonyl (C=O) groups excluding carboxylic acids is 1. The van der Waals surface area contributed by atoms with Crippen LogP contribution in [0.1, 0.15) is 10.4 Å². The lowest BCUT2D eigenvalue weighted by Gasteiger charge is -2.08. The number of aromatic nitrogens is 4. The number of nitrogens with one attached hydrogen (secondary N) is 1. The second-order valence-corrected chi connectivity index (χ2v) is 10.4. The summed E-state index contributed by atoms with van der Waals surface area (Å²) >= 11 is 12.2. The number of nitrogens with zero attached hydrogens (tertiary/aromatic N) is 4. The summed E-state index contributed by atoms with van der Waals surface area (Å²) in [6.07, 6.45) is 4.31. The predicted molar refractivity (Wildman–Crippen MR) is 139 cm³/mol. The minimum Gasteiger partial charge on any atom is -0.301 e. The Kier molecular flexibility index (Phi) is 7.97. The lowest BCUT2D eigenvalue weighted by molar-refractivity contribution is -0.113. The van der Waals surface area contributed by atoms with Gasteiger partial charge in [-0.3, -0.25) is 9.36 Å². The molecule has 2 aromatic heterocycles. The number of rotatable bonds is 9. The van der Waals surface area contributed by atoms with Gasteiger partial charge in [0, 0.05) is 39.1 Å². The molecule has 0 unspecified atom stereocenters. The Bertz CT molecular complexity index is 1250. The first-order chi connectivity index (χ1) is 16.0. The average Bonchev–Trinajstić information content (AvgIpc) is 3.41. The summed E-state index contributed by atoms with van der Waals surface area (Å²) in [5.41, 5.74) is 2.08. The van der Waals surface area contributed by atoms with Gasteiger partial charge in [0.1, 0.15) is 0 Å². The maximum atomic E-state index is 12.5. The van der Waals surface area contributed by atoms with Gasteiger partial charge >= 0.3 is 0 Å². The fraction of sp³-hybridized carbons (Fsp3) is 0.130. The Labute approximate surface area is 213 Å². The highest BCUT2D eigenvalue weighted by Crippen LogP contribution is 2.26. The number of carbonyl (C=O) groups is 1. The van der Waals surface area contributed by atoms with E-state index in [1.165, 1.54) is 23.1 Å². The zero-order chi connectivity index (χ0) is 23.2. The lowest BCUT2D eigenvalue weighted by Crippen LogP contribution is -2.14. The molecule has 0 aliphatic heterocycles. The number of thioether (sulfide) groups is 1. The van der Waals surface area contributed by atoms with Crippen LogP contribution in [0.2, 0.25) is 5.02 Å². The average molecular weight is 561 g/mol. The Morgan fingerprint density at radius 2 is 1.94 bits per heavy atom. The molecule has 0 fully saturated rings. The van der Waals surface area contributed by atoms with Gasteiger partial charge in [0.2, 0.25) is 5.91 Å². The predicted octanol–water partition coefficient (Wildman–Crippen LogP) is 6.33.